The lowest BCUT2D eigenvalue weighted by Crippen LogP contribution is -2.10. The average molecular weight is 315 g/mol. The summed E-state index contributed by atoms with van der Waals surface area (Å²) in [6.07, 6.45) is -0.307. The van der Waals surface area contributed by atoms with Gasteiger partial charge in [-0.25, -0.2) is 0 Å². The maximum absolute atomic E-state index is 12.6. The Hall–Kier alpha value is -3.22. The molecule has 0 bridgehead atoms. The number of nitro benzene ring substituents is 1. The van der Waals surface area contributed by atoms with Gasteiger partial charge in [0.1, 0.15) is 5.75 Å². The highest BCUT2D eigenvalue weighted by Gasteiger charge is 2.17. The fraction of sp³-hybridized carbons (Fsp3) is 0.125. The van der Waals surface area contributed by atoms with E-state index in [2.05, 4.69) is 0 Å². The molecule has 0 fully saturated rings. The maximum Gasteiger partial charge on any atom is 0.307 e. The van der Waals surface area contributed by atoms with Gasteiger partial charge in [0, 0.05) is 23.3 Å². The lowest BCUT2D eigenvalue weighted by molar-refractivity contribution is -0.384. The van der Waals surface area contributed by atoms with Gasteiger partial charge in [-0.15, -0.1) is 0 Å². The first-order chi connectivity index (χ1) is 10.9. The van der Waals surface area contributed by atoms with Crippen LogP contribution in [0.1, 0.15) is 21.5 Å². The maximum atomic E-state index is 12.6. The summed E-state index contributed by atoms with van der Waals surface area (Å²) in [4.78, 5) is 33.6. The highest BCUT2D eigenvalue weighted by atomic mass is 16.6. The van der Waals surface area contributed by atoms with Gasteiger partial charge >= 0.3 is 5.97 Å². The van der Waals surface area contributed by atoms with Crippen molar-refractivity contribution < 1.29 is 24.4 Å². The van der Waals surface area contributed by atoms with Gasteiger partial charge in [-0.2, -0.15) is 0 Å². The lowest BCUT2D eigenvalue weighted by Gasteiger charge is -2.09. The van der Waals surface area contributed by atoms with Crippen LogP contribution in [0.15, 0.2) is 42.5 Å². The molecule has 0 unspecified atom stereocenters. The molecule has 0 spiro atoms. The number of nitrogens with zero attached hydrogens (tertiary/aromatic N) is 1. The number of methoxy groups -OCH3 is 1. The molecule has 0 aliphatic carbocycles. The first kappa shape index (κ1) is 16.2. The molecule has 23 heavy (non-hydrogen) atoms. The zero-order valence-corrected chi connectivity index (χ0v) is 12.2. The summed E-state index contributed by atoms with van der Waals surface area (Å²) in [5.74, 6) is -1.06. The molecule has 1 N–H and O–H groups in total. The number of carbonyl (C=O) groups is 2. The molecule has 2 rings (SSSR count). The second kappa shape index (κ2) is 6.69. The van der Waals surface area contributed by atoms with Crippen LogP contribution in [0.3, 0.4) is 0 Å². The largest absolute Gasteiger partial charge is 0.497 e. The van der Waals surface area contributed by atoms with Gasteiger partial charge in [-0.05, 0) is 29.8 Å². The standard InChI is InChI=1S/C16H13NO6/c1-23-13-7-4-11(8-15(18)19)14(9-13)16(20)10-2-5-12(6-3-10)17(21)22/h2-7,9H,8H2,1H3,(H,18,19). The number of aliphatic carboxylic acids is 1. The van der Waals surface area contributed by atoms with Crippen LogP contribution >= 0.6 is 0 Å². The number of ketones is 1. The van der Waals surface area contributed by atoms with Crippen LogP contribution in [0.2, 0.25) is 0 Å². The van der Waals surface area contributed by atoms with E-state index in [0.29, 0.717) is 11.3 Å². The second-order valence-electron chi connectivity index (χ2n) is 4.73. The molecule has 7 heteroatoms. The molecule has 0 heterocycles. The molecule has 0 saturated heterocycles. The molecule has 7 nitrogen and oxygen atoms in total. The molecule has 0 radical (unpaired) electrons. The van der Waals surface area contributed by atoms with Gasteiger partial charge in [0.05, 0.1) is 18.5 Å². The molecule has 0 amide bonds. The van der Waals surface area contributed by atoms with E-state index >= 15 is 0 Å². The average Bonchev–Trinajstić information content (AvgIpc) is 2.54. The third-order valence-corrected chi connectivity index (χ3v) is 3.24. The molecule has 0 aliphatic heterocycles. The Balaban J connectivity index is 2.43. The van der Waals surface area contributed by atoms with Crippen molar-refractivity contribution in [1.29, 1.82) is 0 Å². The minimum absolute atomic E-state index is 0.127. The normalized spacial score (nSPS) is 10.1. The molecule has 0 saturated carbocycles. The molecule has 2 aromatic rings. The number of carboxylic acids is 1. The van der Waals surface area contributed by atoms with E-state index in [0.717, 1.165) is 0 Å². The van der Waals surface area contributed by atoms with E-state index < -0.39 is 16.7 Å². The highest BCUT2D eigenvalue weighted by Crippen LogP contribution is 2.22. The van der Waals surface area contributed by atoms with E-state index in [-0.39, 0.29) is 23.2 Å². The Bertz CT molecular complexity index is 767. The minimum atomic E-state index is -1.06. The van der Waals surface area contributed by atoms with Crippen LogP contribution in [0.5, 0.6) is 5.75 Å². The van der Waals surface area contributed by atoms with E-state index in [1.807, 2.05) is 0 Å². The smallest absolute Gasteiger partial charge is 0.307 e. The van der Waals surface area contributed by atoms with Gasteiger partial charge in [0.25, 0.3) is 5.69 Å². The Labute approximate surface area is 131 Å². The number of hydrogen-bond donors (Lipinski definition) is 1. The first-order valence-electron chi connectivity index (χ1n) is 6.60. The zero-order chi connectivity index (χ0) is 17.0. The van der Waals surface area contributed by atoms with Crippen molar-refractivity contribution in [2.75, 3.05) is 7.11 Å². The summed E-state index contributed by atoms with van der Waals surface area (Å²) in [5, 5.41) is 19.6. The van der Waals surface area contributed by atoms with Crippen LogP contribution in [0, 0.1) is 10.1 Å². The Kier molecular flexibility index (Phi) is 4.70. The molecule has 0 aliphatic rings. The Morgan fingerprint density at radius 3 is 2.35 bits per heavy atom. The third kappa shape index (κ3) is 3.70. The second-order valence-corrected chi connectivity index (χ2v) is 4.73. The minimum Gasteiger partial charge on any atom is -0.497 e. The molecule has 0 atom stereocenters. The number of carboxylic acid groups (broad SMARTS) is 1. The van der Waals surface area contributed by atoms with Crippen molar-refractivity contribution in [3.05, 3.63) is 69.3 Å². The highest BCUT2D eigenvalue weighted by molar-refractivity contribution is 6.10. The van der Waals surface area contributed by atoms with Gasteiger partial charge < -0.3 is 9.84 Å². The van der Waals surface area contributed by atoms with Gasteiger partial charge in [0.15, 0.2) is 5.78 Å². The van der Waals surface area contributed by atoms with Crippen molar-refractivity contribution >= 4 is 17.4 Å². The van der Waals surface area contributed by atoms with Gasteiger partial charge in [-0.3, -0.25) is 19.7 Å². The number of rotatable bonds is 6. The molecule has 118 valence electrons. The van der Waals surface area contributed by atoms with Crippen molar-refractivity contribution in [3.63, 3.8) is 0 Å². The third-order valence-electron chi connectivity index (χ3n) is 3.24. The van der Waals surface area contributed by atoms with Gasteiger partial charge in [0.2, 0.25) is 0 Å². The fourth-order valence-corrected chi connectivity index (χ4v) is 2.10. The van der Waals surface area contributed by atoms with E-state index in [9.17, 15) is 19.7 Å². The summed E-state index contributed by atoms with van der Waals surface area (Å²) < 4.78 is 5.06. The van der Waals surface area contributed by atoms with Crippen LogP contribution in [-0.2, 0) is 11.2 Å². The van der Waals surface area contributed by atoms with Crippen LogP contribution in [0.4, 0.5) is 5.69 Å². The first-order valence-corrected chi connectivity index (χ1v) is 6.60. The number of carbonyl (C=O) groups excluding carboxylic acids is 1. The number of non-ortho nitro benzene ring substituents is 1. The predicted octanol–water partition coefficient (Wildman–Crippen LogP) is 2.46. The van der Waals surface area contributed by atoms with Crippen LogP contribution in [0.25, 0.3) is 0 Å². The molecule has 0 aromatic heterocycles. The molecule has 2 aromatic carbocycles. The fourth-order valence-electron chi connectivity index (χ4n) is 2.10. The predicted molar refractivity (Wildman–Crippen MR) is 80.9 cm³/mol. The number of hydrogen-bond acceptors (Lipinski definition) is 5. The van der Waals surface area contributed by atoms with E-state index in [1.165, 1.54) is 43.5 Å². The SMILES string of the molecule is COc1ccc(CC(=O)O)c(C(=O)c2ccc([N+](=O)[O-])cc2)c1. The van der Waals surface area contributed by atoms with Crippen molar-refractivity contribution in [1.82, 2.24) is 0 Å². The lowest BCUT2D eigenvalue weighted by atomic mass is 9.96. The van der Waals surface area contributed by atoms with Crippen molar-refractivity contribution in [3.8, 4) is 5.75 Å². The number of benzene rings is 2. The van der Waals surface area contributed by atoms with Crippen LogP contribution < -0.4 is 4.74 Å². The van der Waals surface area contributed by atoms with Crippen LogP contribution in [-0.4, -0.2) is 28.9 Å². The zero-order valence-electron chi connectivity index (χ0n) is 12.2. The summed E-state index contributed by atoms with van der Waals surface area (Å²) in [5.41, 5.74) is 0.649. The summed E-state index contributed by atoms with van der Waals surface area (Å²) in [6.45, 7) is 0. The molecular formula is C16H13NO6. The van der Waals surface area contributed by atoms with E-state index in [4.69, 9.17) is 9.84 Å². The summed E-state index contributed by atoms with van der Waals surface area (Å²) in [6, 6.07) is 9.68. The summed E-state index contributed by atoms with van der Waals surface area (Å²) in [7, 11) is 1.44. The molecular weight excluding hydrogens is 302 g/mol. The quantitative estimate of drug-likeness (QED) is 0.498. The topological polar surface area (TPSA) is 107 Å². The van der Waals surface area contributed by atoms with E-state index in [1.54, 1.807) is 6.07 Å². The summed E-state index contributed by atoms with van der Waals surface area (Å²) >= 11 is 0. The van der Waals surface area contributed by atoms with Gasteiger partial charge in [-0.1, -0.05) is 6.07 Å². The number of nitro groups is 1. The van der Waals surface area contributed by atoms with Crippen molar-refractivity contribution in [2.24, 2.45) is 0 Å². The Morgan fingerprint density at radius 2 is 1.83 bits per heavy atom. The monoisotopic (exact) mass is 315 g/mol. The van der Waals surface area contributed by atoms with Crippen molar-refractivity contribution in [2.45, 2.75) is 6.42 Å². The number of ether oxygens (including phenoxy) is 1. The Morgan fingerprint density at radius 1 is 1.17 bits per heavy atom.